The minimum Gasteiger partial charge on any atom is -0.294 e. The molecule has 2 rings (SSSR count). The van der Waals surface area contributed by atoms with E-state index in [1.165, 1.54) is 6.92 Å². The standard InChI is InChI=1S/C12H12N2O2/c1-8-11(9(2)15)12(16)13-14(8)10-6-4-3-5-7-10/h3-7H,1-2H3,(H,13,16). The highest BCUT2D eigenvalue weighted by Gasteiger charge is 2.15. The first-order valence-corrected chi connectivity index (χ1v) is 4.99. The van der Waals surface area contributed by atoms with E-state index in [1.807, 2.05) is 30.3 Å². The van der Waals surface area contributed by atoms with Crippen LogP contribution in [-0.4, -0.2) is 15.6 Å². The first-order valence-electron chi connectivity index (χ1n) is 4.99. The molecule has 0 unspecified atom stereocenters. The molecule has 16 heavy (non-hydrogen) atoms. The predicted molar refractivity (Wildman–Crippen MR) is 61.1 cm³/mol. The fraction of sp³-hybridized carbons (Fsp3) is 0.167. The Morgan fingerprint density at radius 2 is 1.88 bits per heavy atom. The van der Waals surface area contributed by atoms with E-state index < -0.39 is 0 Å². The van der Waals surface area contributed by atoms with E-state index >= 15 is 0 Å². The number of aromatic nitrogens is 2. The molecule has 0 atom stereocenters. The fourth-order valence-corrected chi connectivity index (χ4v) is 1.77. The summed E-state index contributed by atoms with van der Waals surface area (Å²) in [6.07, 6.45) is 0. The van der Waals surface area contributed by atoms with Crippen LogP contribution < -0.4 is 5.56 Å². The SMILES string of the molecule is CC(=O)c1c(C)n(-c2ccccc2)[nH]c1=O. The van der Waals surface area contributed by atoms with Crippen molar-refractivity contribution in [3.63, 3.8) is 0 Å². The third kappa shape index (κ3) is 1.58. The second kappa shape index (κ2) is 3.81. The number of Topliss-reactive ketones (excluding diaryl/α,β-unsaturated/α-hetero) is 1. The zero-order chi connectivity index (χ0) is 11.7. The smallest absolute Gasteiger partial charge is 0.275 e. The summed E-state index contributed by atoms with van der Waals surface area (Å²) in [5, 5.41) is 2.65. The van der Waals surface area contributed by atoms with Gasteiger partial charge in [0, 0.05) is 0 Å². The van der Waals surface area contributed by atoms with E-state index in [1.54, 1.807) is 11.6 Å². The average Bonchev–Trinajstić information content (AvgIpc) is 2.55. The Morgan fingerprint density at radius 1 is 1.25 bits per heavy atom. The molecule has 82 valence electrons. The van der Waals surface area contributed by atoms with Crippen LogP contribution in [-0.2, 0) is 0 Å². The van der Waals surface area contributed by atoms with Crippen molar-refractivity contribution in [1.82, 2.24) is 9.78 Å². The van der Waals surface area contributed by atoms with Gasteiger partial charge in [0.2, 0.25) is 0 Å². The molecule has 1 aromatic carbocycles. The van der Waals surface area contributed by atoms with Gasteiger partial charge in [0.1, 0.15) is 5.56 Å². The zero-order valence-corrected chi connectivity index (χ0v) is 9.15. The van der Waals surface area contributed by atoms with Crippen molar-refractivity contribution >= 4 is 5.78 Å². The molecule has 0 saturated carbocycles. The number of nitrogens with zero attached hydrogens (tertiary/aromatic N) is 1. The summed E-state index contributed by atoms with van der Waals surface area (Å²) in [6, 6.07) is 9.38. The lowest BCUT2D eigenvalue weighted by Crippen LogP contribution is -2.10. The number of aromatic amines is 1. The Bertz CT molecular complexity index is 579. The topological polar surface area (TPSA) is 54.9 Å². The number of benzene rings is 1. The number of ketones is 1. The highest BCUT2D eigenvalue weighted by atomic mass is 16.1. The number of carbonyl (C=O) groups excluding carboxylic acids is 1. The van der Waals surface area contributed by atoms with Crippen LogP contribution in [0.1, 0.15) is 23.0 Å². The Hall–Kier alpha value is -2.10. The molecule has 0 fully saturated rings. The first-order chi connectivity index (χ1) is 7.61. The molecule has 0 radical (unpaired) electrons. The summed E-state index contributed by atoms with van der Waals surface area (Å²) < 4.78 is 1.62. The van der Waals surface area contributed by atoms with E-state index in [0.717, 1.165) is 5.69 Å². The Balaban J connectivity index is 2.65. The van der Waals surface area contributed by atoms with Crippen LogP contribution in [0.2, 0.25) is 0 Å². The molecule has 1 heterocycles. The number of nitrogens with one attached hydrogen (secondary N) is 1. The summed E-state index contributed by atoms with van der Waals surface area (Å²) in [4.78, 5) is 22.9. The molecule has 0 spiro atoms. The predicted octanol–water partition coefficient (Wildman–Crippen LogP) is 1.68. The van der Waals surface area contributed by atoms with Crippen LogP contribution in [0, 0.1) is 6.92 Å². The van der Waals surface area contributed by atoms with Crippen molar-refractivity contribution in [2.75, 3.05) is 0 Å². The van der Waals surface area contributed by atoms with Crippen molar-refractivity contribution < 1.29 is 4.79 Å². The van der Waals surface area contributed by atoms with Gasteiger partial charge in [-0.2, -0.15) is 0 Å². The summed E-state index contributed by atoms with van der Waals surface area (Å²) in [6.45, 7) is 3.15. The third-order valence-corrected chi connectivity index (χ3v) is 2.50. The fourth-order valence-electron chi connectivity index (χ4n) is 1.77. The van der Waals surface area contributed by atoms with Crippen LogP contribution in [0.5, 0.6) is 0 Å². The van der Waals surface area contributed by atoms with Gasteiger partial charge < -0.3 is 0 Å². The Morgan fingerprint density at radius 3 is 2.38 bits per heavy atom. The van der Waals surface area contributed by atoms with E-state index in [4.69, 9.17) is 0 Å². The second-order valence-electron chi connectivity index (χ2n) is 3.63. The number of rotatable bonds is 2. The van der Waals surface area contributed by atoms with Crippen LogP contribution in [0.3, 0.4) is 0 Å². The normalized spacial score (nSPS) is 10.4. The number of hydrogen-bond acceptors (Lipinski definition) is 2. The highest BCUT2D eigenvalue weighted by Crippen LogP contribution is 2.10. The van der Waals surface area contributed by atoms with Gasteiger partial charge in [0.15, 0.2) is 5.78 Å². The Kier molecular flexibility index (Phi) is 2.48. The minimum atomic E-state index is -0.339. The van der Waals surface area contributed by atoms with Crippen LogP contribution in [0.4, 0.5) is 0 Å². The molecular weight excluding hydrogens is 204 g/mol. The van der Waals surface area contributed by atoms with Gasteiger partial charge in [-0.1, -0.05) is 18.2 Å². The van der Waals surface area contributed by atoms with Gasteiger partial charge in [-0.3, -0.25) is 19.4 Å². The van der Waals surface area contributed by atoms with Crippen molar-refractivity contribution in [1.29, 1.82) is 0 Å². The lowest BCUT2D eigenvalue weighted by molar-refractivity contribution is 0.101. The molecule has 0 bridgehead atoms. The summed E-state index contributed by atoms with van der Waals surface area (Å²) in [7, 11) is 0. The average molecular weight is 216 g/mol. The van der Waals surface area contributed by atoms with Gasteiger partial charge >= 0.3 is 0 Å². The van der Waals surface area contributed by atoms with Gasteiger partial charge in [-0.15, -0.1) is 0 Å². The molecule has 0 aliphatic heterocycles. The molecule has 1 aromatic heterocycles. The maximum atomic E-state index is 11.6. The van der Waals surface area contributed by atoms with Gasteiger partial charge in [-0.25, -0.2) is 0 Å². The molecule has 0 amide bonds. The molecule has 0 saturated heterocycles. The van der Waals surface area contributed by atoms with Gasteiger partial charge in [0.25, 0.3) is 5.56 Å². The van der Waals surface area contributed by atoms with E-state index in [2.05, 4.69) is 5.10 Å². The first kappa shape index (κ1) is 10.4. The van der Waals surface area contributed by atoms with Crippen molar-refractivity contribution in [2.45, 2.75) is 13.8 Å². The summed E-state index contributed by atoms with van der Waals surface area (Å²) in [5.74, 6) is -0.214. The number of H-pyrrole nitrogens is 1. The van der Waals surface area contributed by atoms with Gasteiger partial charge in [-0.05, 0) is 26.0 Å². The Labute approximate surface area is 92.5 Å². The highest BCUT2D eigenvalue weighted by molar-refractivity contribution is 5.94. The van der Waals surface area contributed by atoms with Crippen molar-refractivity contribution in [3.8, 4) is 5.69 Å². The van der Waals surface area contributed by atoms with Crippen LogP contribution >= 0.6 is 0 Å². The minimum absolute atomic E-state index is 0.214. The van der Waals surface area contributed by atoms with Crippen molar-refractivity contribution in [2.24, 2.45) is 0 Å². The van der Waals surface area contributed by atoms with E-state index in [9.17, 15) is 9.59 Å². The molecule has 4 nitrogen and oxygen atoms in total. The van der Waals surface area contributed by atoms with Gasteiger partial charge in [0.05, 0.1) is 11.4 Å². The monoisotopic (exact) mass is 216 g/mol. The lowest BCUT2D eigenvalue weighted by Gasteiger charge is -2.04. The van der Waals surface area contributed by atoms with E-state index in [-0.39, 0.29) is 16.9 Å². The number of hydrogen-bond donors (Lipinski definition) is 1. The largest absolute Gasteiger partial charge is 0.294 e. The number of para-hydroxylation sites is 1. The zero-order valence-electron chi connectivity index (χ0n) is 9.15. The molecular formula is C12H12N2O2. The summed E-state index contributed by atoms with van der Waals surface area (Å²) >= 11 is 0. The molecule has 4 heteroatoms. The summed E-state index contributed by atoms with van der Waals surface area (Å²) in [5.41, 5.74) is 1.37. The van der Waals surface area contributed by atoms with Crippen molar-refractivity contribution in [3.05, 3.63) is 51.9 Å². The quantitative estimate of drug-likeness (QED) is 0.776. The molecule has 1 N–H and O–H groups in total. The van der Waals surface area contributed by atoms with Crippen LogP contribution in [0.15, 0.2) is 35.1 Å². The number of carbonyl (C=O) groups is 1. The lowest BCUT2D eigenvalue weighted by atomic mass is 10.2. The molecule has 0 aliphatic carbocycles. The molecule has 2 aromatic rings. The maximum Gasteiger partial charge on any atom is 0.275 e. The molecule has 0 aliphatic rings. The van der Waals surface area contributed by atoms with Crippen LogP contribution in [0.25, 0.3) is 5.69 Å². The second-order valence-corrected chi connectivity index (χ2v) is 3.63. The maximum absolute atomic E-state index is 11.6. The van der Waals surface area contributed by atoms with E-state index in [0.29, 0.717) is 5.69 Å². The third-order valence-electron chi connectivity index (χ3n) is 2.50.